The minimum atomic E-state index is 0.893. The topological polar surface area (TPSA) is 29.9 Å². The van der Waals surface area contributed by atoms with E-state index in [4.69, 9.17) is 0 Å². The van der Waals surface area contributed by atoms with Crippen molar-refractivity contribution >= 4 is 6.08 Å². The van der Waals surface area contributed by atoms with Gasteiger partial charge in [0.2, 0.25) is 0 Å². The van der Waals surface area contributed by atoms with E-state index >= 15 is 0 Å². The number of imidazole rings is 1. The van der Waals surface area contributed by atoms with Gasteiger partial charge in [0.25, 0.3) is 0 Å². The van der Waals surface area contributed by atoms with Gasteiger partial charge in [-0.2, -0.15) is 0 Å². The number of fused-ring (bicyclic) bond motifs is 1. The standard InChI is InChI=1S/C7H9N3.2C2H6/c1-6-5-8-7-3-2-4-9-10(6)7;2*1-2/h2-3,5,9H,4H2,1H3;2*1-2H3. The first-order chi connectivity index (χ1) is 6.88. The number of aryl methyl sites for hydroxylation is 1. The lowest BCUT2D eigenvalue weighted by Crippen LogP contribution is -2.20. The highest BCUT2D eigenvalue weighted by Crippen LogP contribution is 2.06. The van der Waals surface area contributed by atoms with Gasteiger partial charge in [-0.1, -0.05) is 33.8 Å². The molecule has 0 aliphatic carbocycles. The van der Waals surface area contributed by atoms with Gasteiger partial charge in [-0.3, -0.25) is 0 Å². The molecule has 0 aromatic carbocycles. The van der Waals surface area contributed by atoms with Crippen molar-refractivity contribution in [3.05, 3.63) is 23.8 Å². The maximum absolute atomic E-state index is 4.17. The minimum Gasteiger partial charge on any atom is -0.320 e. The summed E-state index contributed by atoms with van der Waals surface area (Å²) in [4.78, 5) is 4.17. The summed E-state index contributed by atoms with van der Waals surface area (Å²) in [7, 11) is 0. The van der Waals surface area contributed by atoms with Crippen molar-refractivity contribution < 1.29 is 0 Å². The predicted molar refractivity (Wildman–Crippen MR) is 62.9 cm³/mol. The summed E-state index contributed by atoms with van der Waals surface area (Å²) in [5.41, 5.74) is 4.33. The van der Waals surface area contributed by atoms with Crippen molar-refractivity contribution in [1.29, 1.82) is 0 Å². The number of rotatable bonds is 0. The van der Waals surface area contributed by atoms with E-state index in [9.17, 15) is 0 Å². The second-order valence-electron chi connectivity index (χ2n) is 2.36. The molecule has 1 N–H and O–H groups in total. The van der Waals surface area contributed by atoms with Crippen LogP contribution >= 0.6 is 0 Å². The maximum atomic E-state index is 4.17. The van der Waals surface area contributed by atoms with Crippen molar-refractivity contribution in [1.82, 2.24) is 9.66 Å². The fraction of sp³-hybridized carbons (Fsp3) is 0.545. The zero-order valence-corrected chi connectivity index (χ0v) is 9.83. The Kier molecular flexibility index (Phi) is 6.54. The van der Waals surface area contributed by atoms with E-state index in [0.717, 1.165) is 18.1 Å². The van der Waals surface area contributed by atoms with Crippen LogP contribution in [0, 0.1) is 6.92 Å². The highest BCUT2D eigenvalue weighted by Gasteiger charge is 2.04. The van der Waals surface area contributed by atoms with Crippen molar-refractivity contribution in [2.24, 2.45) is 0 Å². The first kappa shape index (κ1) is 12.8. The largest absolute Gasteiger partial charge is 0.320 e. The number of nitrogens with zero attached hydrogens (tertiary/aromatic N) is 2. The quantitative estimate of drug-likeness (QED) is 0.690. The molecule has 0 bridgehead atoms. The molecular formula is C11H21N3. The molecule has 1 aliphatic rings. The Morgan fingerprint density at radius 2 is 1.93 bits per heavy atom. The summed E-state index contributed by atoms with van der Waals surface area (Å²) in [5, 5.41) is 0. The van der Waals surface area contributed by atoms with Crippen LogP contribution in [0.25, 0.3) is 6.08 Å². The lowest BCUT2D eigenvalue weighted by molar-refractivity contribution is 0.830. The summed E-state index contributed by atoms with van der Waals surface area (Å²) in [6.45, 7) is 10.9. The Balaban J connectivity index is 0.000000379. The molecule has 1 aromatic heterocycles. The van der Waals surface area contributed by atoms with Crippen LogP contribution in [0.3, 0.4) is 0 Å². The molecule has 80 valence electrons. The lowest BCUT2D eigenvalue weighted by Gasteiger charge is -2.12. The van der Waals surface area contributed by atoms with E-state index in [2.05, 4.69) is 16.5 Å². The monoisotopic (exact) mass is 195 g/mol. The molecule has 0 amide bonds. The third-order valence-corrected chi connectivity index (χ3v) is 1.60. The molecule has 0 atom stereocenters. The van der Waals surface area contributed by atoms with Crippen LogP contribution in [0.1, 0.15) is 39.2 Å². The smallest absolute Gasteiger partial charge is 0.150 e. The van der Waals surface area contributed by atoms with Gasteiger partial charge in [0.1, 0.15) is 0 Å². The number of hydrogen-bond donors (Lipinski definition) is 1. The van der Waals surface area contributed by atoms with E-state index in [0.29, 0.717) is 0 Å². The molecule has 3 nitrogen and oxygen atoms in total. The zero-order valence-electron chi connectivity index (χ0n) is 9.83. The van der Waals surface area contributed by atoms with Crippen LogP contribution in [0.15, 0.2) is 12.3 Å². The van der Waals surface area contributed by atoms with Crippen LogP contribution in [-0.2, 0) is 0 Å². The summed E-state index contributed by atoms with van der Waals surface area (Å²) in [6, 6.07) is 0. The third kappa shape index (κ3) is 2.91. The molecule has 0 radical (unpaired) electrons. The average Bonchev–Trinajstić information content (AvgIpc) is 2.67. The fourth-order valence-corrected chi connectivity index (χ4v) is 1.09. The average molecular weight is 195 g/mol. The summed E-state index contributed by atoms with van der Waals surface area (Å²) in [5.74, 6) is 0.990. The Bertz CT molecular complexity index is 274. The molecule has 0 saturated carbocycles. The van der Waals surface area contributed by atoms with Gasteiger partial charge in [0.05, 0.1) is 11.9 Å². The van der Waals surface area contributed by atoms with E-state index in [1.807, 2.05) is 51.6 Å². The van der Waals surface area contributed by atoms with Crippen LogP contribution < -0.4 is 5.43 Å². The van der Waals surface area contributed by atoms with E-state index in [1.165, 1.54) is 0 Å². The van der Waals surface area contributed by atoms with Gasteiger partial charge >= 0.3 is 0 Å². The SMILES string of the molecule is CC.CC.Cc1cnc2n1NCC=C2. The van der Waals surface area contributed by atoms with Gasteiger partial charge in [0.15, 0.2) is 5.82 Å². The van der Waals surface area contributed by atoms with Gasteiger partial charge in [0, 0.05) is 6.54 Å². The first-order valence-corrected chi connectivity index (χ1v) is 5.33. The number of aromatic nitrogens is 2. The molecule has 2 heterocycles. The normalized spacial score (nSPS) is 11.2. The Morgan fingerprint density at radius 1 is 1.29 bits per heavy atom. The molecule has 1 aliphatic heterocycles. The highest BCUT2D eigenvalue weighted by atomic mass is 15.4. The predicted octanol–water partition coefficient (Wildman–Crippen LogP) is 2.81. The van der Waals surface area contributed by atoms with Crippen molar-refractivity contribution in [2.75, 3.05) is 12.0 Å². The maximum Gasteiger partial charge on any atom is 0.150 e. The van der Waals surface area contributed by atoms with E-state index in [-0.39, 0.29) is 0 Å². The Labute approximate surface area is 86.8 Å². The Morgan fingerprint density at radius 3 is 2.50 bits per heavy atom. The summed E-state index contributed by atoms with van der Waals surface area (Å²) < 4.78 is 1.99. The highest BCUT2D eigenvalue weighted by molar-refractivity contribution is 5.44. The van der Waals surface area contributed by atoms with Crippen molar-refractivity contribution in [2.45, 2.75) is 34.6 Å². The van der Waals surface area contributed by atoms with E-state index in [1.54, 1.807) is 0 Å². The molecule has 0 fully saturated rings. The van der Waals surface area contributed by atoms with Crippen LogP contribution in [0.4, 0.5) is 0 Å². The first-order valence-electron chi connectivity index (χ1n) is 5.33. The molecular weight excluding hydrogens is 174 g/mol. The zero-order chi connectivity index (χ0) is 11.0. The second-order valence-corrected chi connectivity index (χ2v) is 2.36. The lowest BCUT2D eigenvalue weighted by atomic mass is 10.4. The molecule has 14 heavy (non-hydrogen) atoms. The molecule has 0 saturated heterocycles. The molecule has 2 rings (SSSR count). The van der Waals surface area contributed by atoms with Crippen molar-refractivity contribution in [3.63, 3.8) is 0 Å². The van der Waals surface area contributed by atoms with Crippen LogP contribution in [0.5, 0.6) is 0 Å². The van der Waals surface area contributed by atoms with Gasteiger partial charge in [-0.15, -0.1) is 0 Å². The minimum absolute atomic E-state index is 0.893. The fourth-order valence-electron chi connectivity index (χ4n) is 1.09. The number of nitrogens with one attached hydrogen (secondary N) is 1. The van der Waals surface area contributed by atoms with Gasteiger partial charge in [-0.05, 0) is 13.0 Å². The van der Waals surface area contributed by atoms with Gasteiger partial charge in [-0.25, -0.2) is 9.66 Å². The van der Waals surface area contributed by atoms with Gasteiger partial charge < -0.3 is 5.43 Å². The molecule has 0 unspecified atom stereocenters. The third-order valence-electron chi connectivity index (χ3n) is 1.60. The van der Waals surface area contributed by atoms with Crippen LogP contribution in [-0.4, -0.2) is 16.2 Å². The van der Waals surface area contributed by atoms with Crippen molar-refractivity contribution in [3.8, 4) is 0 Å². The molecule has 3 heteroatoms. The molecule has 0 spiro atoms. The summed E-state index contributed by atoms with van der Waals surface area (Å²) in [6.07, 6.45) is 5.93. The van der Waals surface area contributed by atoms with Crippen LogP contribution in [0.2, 0.25) is 0 Å². The second kappa shape index (κ2) is 7.18. The van der Waals surface area contributed by atoms with E-state index < -0.39 is 0 Å². The summed E-state index contributed by atoms with van der Waals surface area (Å²) >= 11 is 0. The number of hydrogen-bond acceptors (Lipinski definition) is 2. The Hall–Kier alpha value is -1.25. The molecule has 1 aromatic rings.